The van der Waals surface area contributed by atoms with Crippen molar-refractivity contribution in [2.24, 2.45) is 0 Å². The van der Waals surface area contributed by atoms with Crippen molar-refractivity contribution in [1.29, 1.82) is 0 Å². The molecular weight excluding hydrogens is 262 g/mol. The number of urea groups is 1. The number of hydrogen-bond donors (Lipinski definition) is 1. The van der Waals surface area contributed by atoms with Crippen LogP contribution in [0, 0.1) is 6.92 Å². The van der Waals surface area contributed by atoms with E-state index < -0.39 is 0 Å². The third kappa shape index (κ3) is 7.14. The number of aryl methyl sites for hydroxylation is 1. The maximum absolute atomic E-state index is 12.3. The number of likely N-dealkylation sites (N-methyl/N-ethyl adjacent to an activating group) is 1. The molecule has 1 aromatic rings. The number of rotatable bonds is 8. The summed E-state index contributed by atoms with van der Waals surface area (Å²) in [5, 5.41) is 3.01. The molecule has 0 spiro atoms. The topological polar surface area (TPSA) is 35.6 Å². The Hall–Kier alpha value is -1.55. The Balaban J connectivity index is 2.62. The highest BCUT2D eigenvalue weighted by atomic mass is 16.2. The first-order valence-corrected chi connectivity index (χ1v) is 7.76. The first kappa shape index (κ1) is 17.5. The van der Waals surface area contributed by atoms with Gasteiger partial charge in [-0.15, -0.1) is 0 Å². The van der Waals surface area contributed by atoms with Gasteiger partial charge < -0.3 is 15.1 Å². The molecule has 0 aromatic heterocycles. The number of benzene rings is 1. The minimum absolute atomic E-state index is 0.0332. The maximum atomic E-state index is 12.3. The third-order valence-corrected chi connectivity index (χ3v) is 3.40. The van der Waals surface area contributed by atoms with Crippen molar-refractivity contribution in [2.45, 2.75) is 33.2 Å². The lowest BCUT2D eigenvalue weighted by molar-refractivity contribution is 0.188. The second kappa shape index (κ2) is 9.40. The van der Waals surface area contributed by atoms with Crippen LogP contribution in [0.5, 0.6) is 0 Å². The number of nitrogens with one attached hydrogen (secondary N) is 1. The lowest BCUT2D eigenvalue weighted by atomic mass is 10.1. The van der Waals surface area contributed by atoms with E-state index in [1.807, 2.05) is 19.0 Å². The Morgan fingerprint density at radius 1 is 1.14 bits per heavy atom. The van der Waals surface area contributed by atoms with Crippen molar-refractivity contribution < 1.29 is 4.79 Å². The largest absolute Gasteiger partial charge is 0.338 e. The molecule has 1 N–H and O–H groups in total. The monoisotopic (exact) mass is 291 g/mol. The third-order valence-electron chi connectivity index (χ3n) is 3.40. The summed E-state index contributed by atoms with van der Waals surface area (Å²) in [5.74, 6) is 0. The van der Waals surface area contributed by atoms with E-state index >= 15 is 0 Å². The maximum Gasteiger partial charge on any atom is 0.317 e. The minimum Gasteiger partial charge on any atom is -0.338 e. The zero-order valence-corrected chi connectivity index (χ0v) is 13.9. The van der Waals surface area contributed by atoms with Crippen molar-refractivity contribution in [3.05, 3.63) is 35.4 Å². The van der Waals surface area contributed by atoms with E-state index in [0.717, 1.165) is 32.5 Å². The number of nitrogens with zero attached hydrogens (tertiary/aromatic N) is 2. The fourth-order valence-corrected chi connectivity index (χ4v) is 1.97. The predicted molar refractivity (Wildman–Crippen MR) is 88.4 cm³/mol. The Kier molecular flexibility index (Phi) is 7.83. The lowest BCUT2D eigenvalue weighted by Gasteiger charge is -2.25. The zero-order chi connectivity index (χ0) is 15.7. The predicted octanol–water partition coefficient (Wildman–Crippen LogP) is 2.87. The molecule has 0 radical (unpaired) electrons. The molecule has 1 aromatic carbocycles. The van der Waals surface area contributed by atoms with Gasteiger partial charge in [-0.05, 0) is 33.0 Å². The molecule has 0 unspecified atom stereocenters. The van der Waals surface area contributed by atoms with Gasteiger partial charge in [-0.3, -0.25) is 0 Å². The summed E-state index contributed by atoms with van der Waals surface area (Å²) in [7, 11) is 4.05. The molecule has 0 aliphatic rings. The summed E-state index contributed by atoms with van der Waals surface area (Å²) in [6.45, 7) is 7.22. The molecule has 0 aliphatic carbocycles. The van der Waals surface area contributed by atoms with E-state index in [1.54, 1.807) is 0 Å². The molecule has 1 rings (SSSR count). The van der Waals surface area contributed by atoms with E-state index in [1.165, 1.54) is 11.1 Å². The fourth-order valence-electron chi connectivity index (χ4n) is 1.97. The Labute approximate surface area is 129 Å². The van der Waals surface area contributed by atoms with E-state index in [4.69, 9.17) is 0 Å². The summed E-state index contributed by atoms with van der Waals surface area (Å²) in [5.41, 5.74) is 2.41. The second-order valence-electron chi connectivity index (χ2n) is 5.80. The first-order chi connectivity index (χ1) is 10.0. The van der Waals surface area contributed by atoms with Crippen LogP contribution in [0.25, 0.3) is 0 Å². The fraction of sp³-hybridized carbons (Fsp3) is 0.588. The molecule has 0 aliphatic heterocycles. The molecule has 4 heteroatoms. The molecule has 0 saturated heterocycles. The molecule has 0 heterocycles. The highest BCUT2D eigenvalue weighted by molar-refractivity contribution is 5.74. The molecule has 2 amide bonds. The smallest absolute Gasteiger partial charge is 0.317 e. The summed E-state index contributed by atoms with van der Waals surface area (Å²) < 4.78 is 0. The van der Waals surface area contributed by atoms with Crippen LogP contribution in [-0.2, 0) is 6.54 Å². The highest BCUT2D eigenvalue weighted by Crippen LogP contribution is 2.07. The van der Waals surface area contributed by atoms with Crippen molar-refractivity contribution in [1.82, 2.24) is 15.1 Å². The van der Waals surface area contributed by atoms with Gasteiger partial charge in [0, 0.05) is 26.2 Å². The van der Waals surface area contributed by atoms with Gasteiger partial charge in [0.15, 0.2) is 0 Å². The molecule has 0 atom stereocenters. The van der Waals surface area contributed by atoms with Gasteiger partial charge in [0.1, 0.15) is 0 Å². The van der Waals surface area contributed by atoms with Crippen LogP contribution < -0.4 is 5.32 Å². The standard InChI is InChI=1S/C17H29N3O/c1-5-6-11-18-17(21)20(13-12-19(3)4)14-16-9-7-15(2)8-10-16/h7-10H,5-6,11-14H2,1-4H3,(H,18,21). The van der Waals surface area contributed by atoms with Gasteiger partial charge in [-0.2, -0.15) is 0 Å². The van der Waals surface area contributed by atoms with Crippen molar-refractivity contribution in [3.63, 3.8) is 0 Å². The van der Waals surface area contributed by atoms with E-state index in [9.17, 15) is 4.79 Å². The van der Waals surface area contributed by atoms with Gasteiger partial charge in [0.05, 0.1) is 0 Å². The number of carbonyl (C=O) groups excluding carboxylic acids is 1. The Morgan fingerprint density at radius 3 is 2.38 bits per heavy atom. The van der Waals surface area contributed by atoms with Gasteiger partial charge in [0.2, 0.25) is 0 Å². The van der Waals surface area contributed by atoms with E-state index in [0.29, 0.717) is 6.54 Å². The molecule has 0 saturated carbocycles. The normalized spacial score (nSPS) is 10.7. The van der Waals surface area contributed by atoms with Crippen LogP contribution in [-0.4, -0.2) is 49.6 Å². The van der Waals surface area contributed by atoms with Crippen LogP contribution in [0.3, 0.4) is 0 Å². The van der Waals surface area contributed by atoms with Gasteiger partial charge in [-0.1, -0.05) is 43.2 Å². The summed E-state index contributed by atoms with van der Waals surface area (Å²) in [4.78, 5) is 16.3. The lowest BCUT2D eigenvalue weighted by Crippen LogP contribution is -2.42. The quantitative estimate of drug-likeness (QED) is 0.748. The van der Waals surface area contributed by atoms with Crippen LogP contribution in [0.2, 0.25) is 0 Å². The van der Waals surface area contributed by atoms with Crippen molar-refractivity contribution in [3.8, 4) is 0 Å². The molecular formula is C17H29N3O. The molecule has 0 bridgehead atoms. The average molecular weight is 291 g/mol. The Bertz CT molecular complexity index is 415. The number of carbonyl (C=O) groups is 1. The zero-order valence-electron chi connectivity index (χ0n) is 13.9. The molecule has 0 fully saturated rings. The number of hydrogen-bond acceptors (Lipinski definition) is 2. The first-order valence-electron chi connectivity index (χ1n) is 7.76. The average Bonchev–Trinajstić information content (AvgIpc) is 2.45. The summed E-state index contributed by atoms with van der Waals surface area (Å²) in [6.07, 6.45) is 2.12. The highest BCUT2D eigenvalue weighted by Gasteiger charge is 2.13. The van der Waals surface area contributed by atoms with Gasteiger partial charge in [0.25, 0.3) is 0 Å². The van der Waals surface area contributed by atoms with E-state index in [2.05, 4.69) is 48.3 Å². The minimum atomic E-state index is 0.0332. The molecule has 21 heavy (non-hydrogen) atoms. The second-order valence-corrected chi connectivity index (χ2v) is 5.80. The summed E-state index contributed by atoms with van der Waals surface area (Å²) >= 11 is 0. The van der Waals surface area contributed by atoms with Crippen LogP contribution >= 0.6 is 0 Å². The Morgan fingerprint density at radius 2 is 1.81 bits per heavy atom. The van der Waals surface area contributed by atoms with Crippen LogP contribution in [0.1, 0.15) is 30.9 Å². The summed E-state index contributed by atoms with van der Waals surface area (Å²) in [6, 6.07) is 8.41. The molecule has 118 valence electrons. The molecule has 4 nitrogen and oxygen atoms in total. The number of unbranched alkanes of at least 4 members (excludes halogenated alkanes) is 1. The van der Waals surface area contributed by atoms with Gasteiger partial charge in [-0.25, -0.2) is 4.79 Å². The van der Waals surface area contributed by atoms with Crippen molar-refractivity contribution >= 4 is 6.03 Å². The SMILES string of the molecule is CCCCNC(=O)N(CCN(C)C)Cc1ccc(C)cc1. The van der Waals surface area contributed by atoms with E-state index in [-0.39, 0.29) is 6.03 Å². The van der Waals surface area contributed by atoms with Crippen LogP contribution in [0.4, 0.5) is 4.79 Å². The number of amides is 2. The van der Waals surface area contributed by atoms with Crippen molar-refractivity contribution in [2.75, 3.05) is 33.7 Å². The van der Waals surface area contributed by atoms with Crippen LogP contribution in [0.15, 0.2) is 24.3 Å². The van der Waals surface area contributed by atoms with Gasteiger partial charge >= 0.3 is 6.03 Å².